The van der Waals surface area contributed by atoms with Crippen molar-refractivity contribution in [1.29, 1.82) is 0 Å². The van der Waals surface area contributed by atoms with Gasteiger partial charge in [0.2, 0.25) is 0 Å². The maximum atomic E-state index is 4.68. The summed E-state index contributed by atoms with van der Waals surface area (Å²) in [6, 6.07) is 3.98. The summed E-state index contributed by atoms with van der Waals surface area (Å²) in [7, 11) is 0. The van der Waals surface area contributed by atoms with Gasteiger partial charge in [-0.25, -0.2) is 4.98 Å². The van der Waals surface area contributed by atoms with Crippen molar-refractivity contribution in [1.82, 2.24) is 20.3 Å². The molecule has 82 valence electrons. The minimum atomic E-state index is 0.550. The monoisotopic (exact) mass is 214 g/mol. The second-order valence-electron chi connectivity index (χ2n) is 4.19. The topological polar surface area (TPSA) is 53.6 Å². The molecule has 0 radical (unpaired) electrons. The van der Waals surface area contributed by atoms with Gasteiger partial charge in [-0.2, -0.15) is 0 Å². The van der Waals surface area contributed by atoms with Crippen LogP contribution in [0.2, 0.25) is 0 Å². The van der Waals surface area contributed by atoms with Gasteiger partial charge in [0.05, 0.1) is 5.69 Å². The molecule has 0 aromatic carbocycles. The maximum absolute atomic E-state index is 4.68. The van der Waals surface area contributed by atoms with Crippen molar-refractivity contribution in [2.45, 2.75) is 12.8 Å². The number of nitrogens with zero attached hydrogens (tertiary/aromatic N) is 2. The number of nitrogens with one attached hydrogen (secondary N) is 2. The molecule has 2 aromatic heterocycles. The van der Waals surface area contributed by atoms with Gasteiger partial charge >= 0.3 is 0 Å². The highest BCUT2D eigenvalue weighted by molar-refractivity contribution is 5.61. The minimum Gasteiger partial charge on any atom is -0.345 e. The summed E-state index contributed by atoms with van der Waals surface area (Å²) >= 11 is 0. The highest BCUT2D eigenvalue weighted by Crippen LogP contribution is 2.24. The van der Waals surface area contributed by atoms with Crippen LogP contribution < -0.4 is 5.32 Å². The first-order chi connectivity index (χ1) is 7.84. The lowest BCUT2D eigenvalue weighted by molar-refractivity contribution is 0.432. The number of aromatic amines is 1. The van der Waals surface area contributed by atoms with Crippen LogP contribution in [0, 0.1) is 6.92 Å². The van der Waals surface area contributed by atoms with Crippen LogP contribution in [0.15, 0.2) is 24.5 Å². The Morgan fingerprint density at radius 1 is 1.25 bits per heavy atom. The van der Waals surface area contributed by atoms with E-state index < -0.39 is 0 Å². The number of H-pyrrole nitrogens is 1. The number of imidazole rings is 1. The van der Waals surface area contributed by atoms with E-state index in [0.29, 0.717) is 5.92 Å². The van der Waals surface area contributed by atoms with Crippen molar-refractivity contribution < 1.29 is 0 Å². The summed E-state index contributed by atoms with van der Waals surface area (Å²) in [5, 5.41) is 3.26. The molecule has 3 rings (SSSR count). The molecule has 2 N–H and O–H groups in total. The quantitative estimate of drug-likeness (QED) is 0.796. The molecule has 1 aliphatic heterocycles. The molecule has 1 aliphatic rings. The summed E-state index contributed by atoms with van der Waals surface area (Å²) < 4.78 is 0. The van der Waals surface area contributed by atoms with Crippen molar-refractivity contribution in [3.05, 3.63) is 36.0 Å². The highest BCUT2D eigenvalue weighted by atomic mass is 15.0. The fraction of sp³-hybridized carbons (Fsp3) is 0.333. The second kappa shape index (κ2) is 3.72. The molecule has 2 aromatic rings. The van der Waals surface area contributed by atoms with E-state index in [1.807, 2.05) is 12.1 Å². The van der Waals surface area contributed by atoms with Gasteiger partial charge in [0.1, 0.15) is 5.82 Å². The van der Waals surface area contributed by atoms with E-state index in [0.717, 1.165) is 35.9 Å². The Morgan fingerprint density at radius 2 is 2.00 bits per heavy atom. The molecule has 4 nitrogen and oxygen atoms in total. The predicted molar refractivity (Wildman–Crippen MR) is 62.2 cm³/mol. The van der Waals surface area contributed by atoms with E-state index in [1.165, 1.54) is 0 Å². The van der Waals surface area contributed by atoms with E-state index in [4.69, 9.17) is 0 Å². The molecule has 0 amide bonds. The molecule has 1 saturated heterocycles. The lowest BCUT2D eigenvalue weighted by Crippen LogP contribution is -2.40. The predicted octanol–water partition coefficient (Wildman–Crippen LogP) is 1.47. The Bertz CT molecular complexity index is 485. The lowest BCUT2D eigenvalue weighted by Gasteiger charge is -2.24. The van der Waals surface area contributed by atoms with Crippen molar-refractivity contribution >= 4 is 0 Å². The minimum absolute atomic E-state index is 0.550. The Hall–Kier alpha value is -1.68. The first-order valence-corrected chi connectivity index (χ1v) is 5.52. The number of aromatic nitrogens is 3. The Labute approximate surface area is 94.1 Å². The van der Waals surface area contributed by atoms with Crippen LogP contribution in [0.3, 0.4) is 0 Å². The first-order valence-electron chi connectivity index (χ1n) is 5.52. The third-order valence-corrected chi connectivity index (χ3v) is 3.02. The molecule has 0 aliphatic carbocycles. The molecule has 4 heteroatoms. The molecular formula is C12H14N4. The van der Waals surface area contributed by atoms with Gasteiger partial charge < -0.3 is 10.3 Å². The Balaban J connectivity index is 1.98. The van der Waals surface area contributed by atoms with Gasteiger partial charge in [-0.15, -0.1) is 0 Å². The van der Waals surface area contributed by atoms with Gasteiger partial charge in [-0.05, 0) is 19.1 Å². The van der Waals surface area contributed by atoms with Crippen molar-refractivity contribution in [3.63, 3.8) is 0 Å². The third kappa shape index (κ3) is 1.51. The van der Waals surface area contributed by atoms with Crippen LogP contribution in [0.5, 0.6) is 0 Å². The molecule has 16 heavy (non-hydrogen) atoms. The molecule has 0 spiro atoms. The Kier molecular flexibility index (Phi) is 2.22. The smallest absolute Gasteiger partial charge is 0.112 e. The van der Waals surface area contributed by atoms with Crippen molar-refractivity contribution in [2.24, 2.45) is 0 Å². The van der Waals surface area contributed by atoms with E-state index in [1.54, 1.807) is 12.4 Å². The first kappa shape index (κ1) is 9.54. The van der Waals surface area contributed by atoms with Crippen LogP contribution in [0.25, 0.3) is 11.3 Å². The fourth-order valence-electron chi connectivity index (χ4n) is 1.95. The number of aryl methyl sites for hydroxylation is 1. The third-order valence-electron chi connectivity index (χ3n) is 3.02. The summed E-state index contributed by atoms with van der Waals surface area (Å²) in [4.78, 5) is 12.1. The van der Waals surface area contributed by atoms with Crippen LogP contribution >= 0.6 is 0 Å². The van der Waals surface area contributed by atoms with Gasteiger partial charge in [-0.3, -0.25) is 4.98 Å². The highest BCUT2D eigenvalue weighted by Gasteiger charge is 2.23. The van der Waals surface area contributed by atoms with E-state index in [2.05, 4.69) is 27.2 Å². The summed E-state index contributed by atoms with van der Waals surface area (Å²) in [6.07, 6.45) is 3.60. The van der Waals surface area contributed by atoms with Gasteiger partial charge in [-0.1, -0.05) is 0 Å². The molecular weight excluding hydrogens is 200 g/mol. The van der Waals surface area contributed by atoms with Gasteiger partial charge in [0.25, 0.3) is 0 Å². The molecule has 3 heterocycles. The largest absolute Gasteiger partial charge is 0.345 e. The number of pyridine rings is 1. The van der Waals surface area contributed by atoms with Crippen LogP contribution in [-0.2, 0) is 0 Å². The van der Waals surface area contributed by atoms with Crippen LogP contribution in [-0.4, -0.2) is 28.0 Å². The van der Waals surface area contributed by atoms with Crippen LogP contribution in [0.4, 0.5) is 0 Å². The zero-order valence-corrected chi connectivity index (χ0v) is 9.20. The standard InChI is InChI=1S/C12H14N4/c1-8-11(9-2-4-13-5-3-9)16-12(15-8)10-6-14-7-10/h2-5,10,14H,6-7H2,1H3,(H,15,16). The Morgan fingerprint density at radius 3 is 2.62 bits per heavy atom. The van der Waals surface area contributed by atoms with Gasteiger partial charge in [0, 0.05) is 42.7 Å². The van der Waals surface area contributed by atoms with E-state index in [9.17, 15) is 0 Å². The van der Waals surface area contributed by atoms with E-state index in [-0.39, 0.29) is 0 Å². The molecule has 1 fully saturated rings. The van der Waals surface area contributed by atoms with E-state index >= 15 is 0 Å². The SMILES string of the molecule is Cc1[nH]c(C2CNC2)nc1-c1ccncc1. The summed E-state index contributed by atoms with van der Waals surface area (Å²) in [5.41, 5.74) is 3.31. The average Bonchev–Trinajstić information content (AvgIpc) is 2.59. The summed E-state index contributed by atoms with van der Waals surface area (Å²) in [6.45, 7) is 4.13. The lowest BCUT2D eigenvalue weighted by atomic mass is 10.0. The zero-order chi connectivity index (χ0) is 11.0. The molecule has 0 saturated carbocycles. The van der Waals surface area contributed by atoms with Crippen molar-refractivity contribution in [3.8, 4) is 11.3 Å². The fourth-order valence-corrected chi connectivity index (χ4v) is 1.95. The zero-order valence-electron chi connectivity index (χ0n) is 9.20. The summed E-state index contributed by atoms with van der Waals surface area (Å²) in [5.74, 6) is 1.65. The number of rotatable bonds is 2. The average molecular weight is 214 g/mol. The number of hydrogen-bond acceptors (Lipinski definition) is 3. The van der Waals surface area contributed by atoms with Crippen LogP contribution in [0.1, 0.15) is 17.4 Å². The molecule has 0 bridgehead atoms. The molecule has 0 unspecified atom stereocenters. The number of hydrogen-bond donors (Lipinski definition) is 2. The van der Waals surface area contributed by atoms with Crippen molar-refractivity contribution in [2.75, 3.05) is 13.1 Å². The molecule has 0 atom stereocenters. The maximum Gasteiger partial charge on any atom is 0.112 e. The second-order valence-corrected chi connectivity index (χ2v) is 4.19. The van der Waals surface area contributed by atoms with Gasteiger partial charge in [0.15, 0.2) is 0 Å². The normalized spacial score (nSPS) is 16.1.